The second-order valence-corrected chi connectivity index (χ2v) is 5.13. The van der Waals surface area contributed by atoms with E-state index in [0.29, 0.717) is 12.5 Å². The number of hydrogen-bond acceptors (Lipinski definition) is 3. The van der Waals surface area contributed by atoms with Crippen molar-refractivity contribution in [3.05, 3.63) is 17.0 Å². The van der Waals surface area contributed by atoms with Gasteiger partial charge in [0.25, 0.3) is 0 Å². The lowest BCUT2D eigenvalue weighted by molar-refractivity contribution is 0.466. The highest BCUT2D eigenvalue weighted by atomic mass is 32.2. The van der Waals surface area contributed by atoms with E-state index in [1.54, 1.807) is 0 Å². The Morgan fingerprint density at radius 1 is 1.50 bits per heavy atom. The maximum Gasteiger partial charge on any atom is 0.0767 e. The third-order valence-electron chi connectivity index (χ3n) is 2.47. The van der Waals surface area contributed by atoms with E-state index in [1.807, 2.05) is 11.8 Å². The van der Waals surface area contributed by atoms with E-state index in [4.69, 9.17) is 5.73 Å². The van der Waals surface area contributed by atoms with Gasteiger partial charge >= 0.3 is 0 Å². The molecule has 0 atom stereocenters. The van der Waals surface area contributed by atoms with Crippen molar-refractivity contribution < 1.29 is 0 Å². The van der Waals surface area contributed by atoms with Crippen LogP contribution in [0.5, 0.6) is 0 Å². The van der Waals surface area contributed by atoms with E-state index in [9.17, 15) is 0 Å². The van der Waals surface area contributed by atoms with E-state index >= 15 is 0 Å². The molecule has 0 fully saturated rings. The molecular weight excluding hydrogens is 194 g/mol. The van der Waals surface area contributed by atoms with Crippen LogP contribution in [0.3, 0.4) is 0 Å². The third kappa shape index (κ3) is 1.68. The molecule has 14 heavy (non-hydrogen) atoms. The molecule has 0 bridgehead atoms. The number of thioether (sulfide) groups is 1. The van der Waals surface area contributed by atoms with Crippen molar-refractivity contribution in [2.45, 2.75) is 38.4 Å². The summed E-state index contributed by atoms with van der Waals surface area (Å²) in [6, 6.07) is 0. The minimum Gasteiger partial charge on any atom is -0.325 e. The number of nitrogens with zero attached hydrogens (tertiary/aromatic N) is 2. The van der Waals surface area contributed by atoms with E-state index in [1.165, 1.54) is 17.0 Å². The Bertz CT molecular complexity index is 330. The molecule has 0 aromatic carbocycles. The standard InChI is InChI=1S/C10H17N3S/c1-7(2)4-13-10(3-11)8-5-14-6-9(8)12-13/h7H,3-6,11H2,1-2H3. The smallest absolute Gasteiger partial charge is 0.0767 e. The van der Waals surface area contributed by atoms with Gasteiger partial charge in [0, 0.05) is 30.2 Å². The number of hydrogen-bond donors (Lipinski definition) is 1. The Labute approximate surface area is 89.1 Å². The number of rotatable bonds is 3. The molecule has 2 rings (SSSR count). The van der Waals surface area contributed by atoms with Gasteiger partial charge in [-0.15, -0.1) is 0 Å². The van der Waals surface area contributed by atoms with Gasteiger partial charge in [-0.2, -0.15) is 16.9 Å². The maximum atomic E-state index is 5.77. The molecule has 0 saturated carbocycles. The molecule has 78 valence electrons. The van der Waals surface area contributed by atoms with Crippen LogP contribution in [0.25, 0.3) is 0 Å². The normalized spacial score (nSPS) is 15.1. The van der Waals surface area contributed by atoms with Gasteiger partial charge in [0.15, 0.2) is 0 Å². The van der Waals surface area contributed by atoms with Crippen LogP contribution in [0.1, 0.15) is 30.8 Å². The van der Waals surface area contributed by atoms with Crippen molar-refractivity contribution in [2.24, 2.45) is 11.7 Å². The number of aromatic nitrogens is 2. The van der Waals surface area contributed by atoms with Crippen molar-refractivity contribution in [2.75, 3.05) is 0 Å². The lowest BCUT2D eigenvalue weighted by atomic mass is 10.2. The van der Waals surface area contributed by atoms with Crippen LogP contribution >= 0.6 is 11.8 Å². The Morgan fingerprint density at radius 2 is 2.29 bits per heavy atom. The van der Waals surface area contributed by atoms with Crippen molar-refractivity contribution in [1.82, 2.24) is 9.78 Å². The fourth-order valence-corrected chi connectivity index (χ4v) is 2.91. The molecule has 4 heteroatoms. The summed E-state index contributed by atoms with van der Waals surface area (Å²) in [5.74, 6) is 2.79. The fraction of sp³-hybridized carbons (Fsp3) is 0.700. The first kappa shape index (κ1) is 10.1. The van der Waals surface area contributed by atoms with Crippen LogP contribution in [0.4, 0.5) is 0 Å². The van der Waals surface area contributed by atoms with Gasteiger partial charge in [-0.05, 0) is 5.92 Å². The first-order valence-electron chi connectivity index (χ1n) is 5.07. The zero-order valence-corrected chi connectivity index (χ0v) is 9.60. The Hall–Kier alpha value is -0.480. The first-order chi connectivity index (χ1) is 6.72. The molecule has 1 aliphatic rings. The molecule has 0 aliphatic carbocycles. The lowest BCUT2D eigenvalue weighted by Gasteiger charge is -2.09. The molecule has 0 saturated heterocycles. The maximum absolute atomic E-state index is 5.77. The molecule has 1 aromatic heterocycles. The Morgan fingerprint density at radius 3 is 2.93 bits per heavy atom. The van der Waals surface area contributed by atoms with Crippen molar-refractivity contribution in [1.29, 1.82) is 0 Å². The summed E-state index contributed by atoms with van der Waals surface area (Å²) in [5, 5.41) is 4.62. The first-order valence-corrected chi connectivity index (χ1v) is 6.23. The topological polar surface area (TPSA) is 43.8 Å². The molecule has 3 nitrogen and oxygen atoms in total. The van der Waals surface area contributed by atoms with Gasteiger partial charge in [0.1, 0.15) is 0 Å². The van der Waals surface area contributed by atoms with Crippen LogP contribution in [0.2, 0.25) is 0 Å². The van der Waals surface area contributed by atoms with E-state index in [-0.39, 0.29) is 0 Å². The van der Waals surface area contributed by atoms with Gasteiger partial charge < -0.3 is 5.73 Å². The van der Waals surface area contributed by atoms with Crippen LogP contribution < -0.4 is 5.73 Å². The predicted octanol–water partition coefficient (Wildman–Crippen LogP) is 1.74. The summed E-state index contributed by atoms with van der Waals surface area (Å²) < 4.78 is 2.11. The van der Waals surface area contributed by atoms with Crippen LogP contribution in [0.15, 0.2) is 0 Å². The summed E-state index contributed by atoms with van der Waals surface area (Å²) in [7, 11) is 0. The SMILES string of the molecule is CC(C)Cn1nc2c(c1CN)CSC2. The van der Waals surface area contributed by atoms with E-state index < -0.39 is 0 Å². The average molecular weight is 211 g/mol. The minimum absolute atomic E-state index is 0.621. The molecule has 2 heterocycles. The van der Waals surface area contributed by atoms with E-state index in [0.717, 1.165) is 18.1 Å². The molecule has 0 unspecified atom stereocenters. The van der Waals surface area contributed by atoms with Crippen LogP contribution in [0, 0.1) is 5.92 Å². The molecule has 1 aromatic rings. The summed E-state index contributed by atoms with van der Waals surface area (Å²) in [4.78, 5) is 0. The Kier molecular flexibility index (Phi) is 2.83. The van der Waals surface area contributed by atoms with Crippen molar-refractivity contribution >= 4 is 11.8 Å². The zero-order valence-electron chi connectivity index (χ0n) is 8.79. The molecule has 1 aliphatic heterocycles. The molecule has 2 N–H and O–H groups in total. The largest absolute Gasteiger partial charge is 0.325 e. The van der Waals surface area contributed by atoms with Crippen molar-refractivity contribution in [3.63, 3.8) is 0 Å². The quantitative estimate of drug-likeness (QED) is 0.828. The number of fused-ring (bicyclic) bond motifs is 1. The summed E-state index contributed by atoms with van der Waals surface area (Å²) in [6.07, 6.45) is 0. The Balaban J connectivity index is 2.31. The monoisotopic (exact) mass is 211 g/mol. The number of nitrogens with two attached hydrogens (primary N) is 1. The van der Waals surface area contributed by atoms with Gasteiger partial charge in [0.2, 0.25) is 0 Å². The molecular formula is C10H17N3S. The molecule has 0 radical (unpaired) electrons. The van der Waals surface area contributed by atoms with E-state index in [2.05, 4.69) is 23.6 Å². The van der Waals surface area contributed by atoms with Gasteiger partial charge in [-0.25, -0.2) is 0 Å². The second-order valence-electron chi connectivity index (χ2n) is 4.14. The fourth-order valence-electron chi connectivity index (χ4n) is 1.85. The van der Waals surface area contributed by atoms with Crippen LogP contribution in [-0.4, -0.2) is 9.78 Å². The highest BCUT2D eigenvalue weighted by Crippen LogP contribution is 2.31. The highest BCUT2D eigenvalue weighted by molar-refractivity contribution is 7.98. The van der Waals surface area contributed by atoms with Gasteiger partial charge in [0.05, 0.1) is 11.4 Å². The van der Waals surface area contributed by atoms with Gasteiger partial charge in [-0.1, -0.05) is 13.8 Å². The highest BCUT2D eigenvalue weighted by Gasteiger charge is 2.21. The van der Waals surface area contributed by atoms with Gasteiger partial charge in [-0.3, -0.25) is 4.68 Å². The average Bonchev–Trinajstić information content (AvgIpc) is 2.62. The van der Waals surface area contributed by atoms with Crippen molar-refractivity contribution in [3.8, 4) is 0 Å². The predicted molar refractivity (Wildman–Crippen MR) is 60.0 cm³/mol. The lowest BCUT2D eigenvalue weighted by Crippen LogP contribution is -2.13. The second kappa shape index (κ2) is 3.95. The molecule has 0 amide bonds. The van der Waals surface area contributed by atoms with Crippen LogP contribution in [-0.2, 0) is 24.6 Å². The molecule has 0 spiro atoms. The summed E-state index contributed by atoms with van der Waals surface area (Å²) >= 11 is 1.94. The third-order valence-corrected chi connectivity index (χ3v) is 3.44. The summed E-state index contributed by atoms with van der Waals surface area (Å²) in [5.41, 5.74) is 9.68. The minimum atomic E-state index is 0.621. The zero-order chi connectivity index (χ0) is 10.1. The summed E-state index contributed by atoms with van der Waals surface area (Å²) in [6.45, 7) is 6.03.